The van der Waals surface area contributed by atoms with Gasteiger partial charge >= 0.3 is 6.03 Å². The van der Waals surface area contributed by atoms with Crippen LogP contribution in [0.15, 0.2) is 52.9 Å². The van der Waals surface area contributed by atoms with Crippen molar-refractivity contribution in [2.24, 2.45) is 5.41 Å². The molecule has 0 aliphatic carbocycles. The van der Waals surface area contributed by atoms with E-state index in [0.29, 0.717) is 37.8 Å². The number of fused-ring (bicyclic) bond motifs is 1. The van der Waals surface area contributed by atoms with Gasteiger partial charge in [0.2, 0.25) is 5.89 Å². The van der Waals surface area contributed by atoms with Gasteiger partial charge in [-0.2, -0.15) is 0 Å². The molecule has 3 N–H and O–H groups in total. The maximum atomic E-state index is 12.2. The van der Waals surface area contributed by atoms with E-state index in [4.69, 9.17) is 9.15 Å². The van der Waals surface area contributed by atoms with E-state index in [1.54, 1.807) is 0 Å². The van der Waals surface area contributed by atoms with Gasteiger partial charge in [0.1, 0.15) is 5.52 Å². The number of para-hydroxylation sites is 2. The highest BCUT2D eigenvalue weighted by Gasteiger charge is 2.34. The van der Waals surface area contributed by atoms with Gasteiger partial charge in [-0.1, -0.05) is 12.1 Å². The van der Waals surface area contributed by atoms with Crippen LogP contribution >= 0.6 is 0 Å². The molecule has 2 heterocycles. The molecule has 1 saturated heterocycles. The molecule has 0 radical (unpaired) electrons. The molecule has 1 atom stereocenters. The number of anilines is 1. The Morgan fingerprint density at radius 1 is 1.18 bits per heavy atom. The second-order valence-electron chi connectivity index (χ2n) is 7.15. The monoisotopic (exact) mass is 381 g/mol. The lowest BCUT2D eigenvalue weighted by Crippen LogP contribution is -2.40. The van der Waals surface area contributed by atoms with Crippen molar-refractivity contribution < 1.29 is 19.1 Å². The molecule has 4 rings (SSSR count). The third kappa shape index (κ3) is 4.00. The Kier molecular flexibility index (Phi) is 5.27. The van der Waals surface area contributed by atoms with Gasteiger partial charge in [0.15, 0.2) is 5.58 Å². The van der Waals surface area contributed by atoms with Gasteiger partial charge in [-0.15, -0.1) is 0 Å². The largest absolute Gasteiger partial charge is 0.436 e. The summed E-state index contributed by atoms with van der Waals surface area (Å²) in [5, 5.41) is 15.0. The summed E-state index contributed by atoms with van der Waals surface area (Å²) in [5.41, 5.74) is 2.89. The Morgan fingerprint density at radius 2 is 2.00 bits per heavy atom. The van der Waals surface area contributed by atoms with Crippen molar-refractivity contribution in [1.82, 2.24) is 10.3 Å². The number of urea groups is 1. The van der Waals surface area contributed by atoms with Gasteiger partial charge in [-0.3, -0.25) is 0 Å². The van der Waals surface area contributed by atoms with Crippen LogP contribution in [-0.4, -0.2) is 42.5 Å². The standard InChI is InChI=1S/C21H23N3O4/c25-11-9-21(10-12-27-14-21)13-22-20(26)23-16-7-5-15(6-8-16)19-24-17-3-1-2-4-18(17)28-19/h1-8,25H,9-14H2,(H2,22,23,26). The number of benzene rings is 2. The van der Waals surface area contributed by atoms with Gasteiger partial charge < -0.3 is 24.9 Å². The number of oxazole rings is 1. The fourth-order valence-corrected chi connectivity index (χ4v) is 3.45. The summed E-state index contributed by atoms with van der Waals surface area (Å²) in [5.74, 6) is 0.546. The fourth-order valence-electron chi connectivity index (χ4n) is 3.45. The summed E-state index contributed by atoms with van der Waals surface area (Å²) < 4.78 is 11.2. The minimum atomic E-state index is -0.279. The Hall–Kier alpha value is -2.90. The lowest BCUT2D eigenvalue weighted by atomic mass is 9.84. The van der Waals surface area contributed by atoms with Crippen LogP contribution in [0.4, 0.5) is 10.5 Å². The number of ether oxygens (including phenoxy) is 1. The van der Waals surface area contributed by atoms with E-state index in [-0.39, 0.29) is 18.1 Å². The molecule has 1 fully saturated rings. The summed E-state index contributed by atoms with van der Waals surface area (Å²) >= 11 is 0. The lowest BCUT2D eigenvalue weighted by Gasteiger charge is -2.26. The van der Waals surface area contributed by atoms with Crippen LogP contribution in [0.25, 0.3) is 22.6 Å². The average molecular weight is 381 g/mol. The number of carbonyl (C=O) groups excluding carboxylic acids is 1. The molecule has 1 aliphatic rings. The zero-order valence-electron chi connectivity index (χ0n) is 15.5. The molecule has 0 spiro atoms. The molecule has 2 amide bonds. The van der Waals surface area contributed by atoms with Crippen LogP contribution in [0, 0.1) is 5.41 Å². The molecular formula is C21H23N3O4. The SMILES string of the molecule is O=C(NCC1(CCO)CCOC1)Nc1ccc(-c2nc3ccccc3o2)cc1. The summed E-state index contributed by atoms with van der Waals surface area (Å²) in [7, 11) is 0. The van der Waals surface area contributed by atoms with Crippen LogP contribution < -0.4 is 10.6 Å². The molecule has 3 aromatic rings. The summed E-state index contributed by atoms with van der Waals surface area (Å²) in [6, 6.07) is 14.7. The molecule has 0 saturated carbocycles. The first-order chi connectivity index (χ1) is 13.7. The third-order valence-corrected chi connectivity index (χ3v) is 5.13. The van der Waals surface area contributed by atoms with Crippen molar-refractivity contribution in [3.8, 4) is 11.5 Å². The Balaban J connectivity index is 1.36. The molecule has 1 unspecified atom stereocenters. The number of aromatic nitrogens is 1. The van der Waals surface area contributed by atoms with Gasteiger partial charge in [-0.25, -0.2) is 9.78 Å². The number of aliphatic hydroxyl groups excluding tert-OH is 1. The molecular weight excluding hydrogens is 358 g/mol. The Morgan fingerprint density at radius 3 is 2.71 bits per heavy atom. The van der Waals surface area contributed by atoms with Crippen molar-refractivity contribution in [2.75, 3.05) is 31.7 Å². The lowest BCUT2D eigenvalue weighted by molar-refractivity contribution is 0.126. The van der Waals surface area contributed by atoms with Gasteiger partial charge in [-0.05, 0) is 49.2 Å². The summed E-state index contributed by atoms with van der Waals surface area (Å²) in [4.78, 5) is 16.7. The predicted molar refractivity (Wildman–Crippen MR) is 106 cm³/mol. The molecule has 1 aromatic heterocycles. The van der Waals surface area contributed by atoms with Crippen molar-refractivity contribution in [1.29, 1.82) is 0 Å². The van der Waals surface area contributed by atoms with Crippen LogP contribution in [-0.2, 0) is 4.74 Å². The van der Waals surface area contributed by atoms with Gasteiger partial charge in [0.25, 0.3) is 0 Å². The minimum absolute atomic E-state index is 0.0872. The molecule has 7 nitrogen and oxygen atoms in total. The number of carbonyl (C=O) groups is 1. The number of hydrogen-bond acceptors (Lipinski definition) is 5. The zero-order chi connectivity index (χ0) is 19.4. The van der Waals surface area contributed by atoms with Gasteiger partial charge in [0.05, 0.1) is 6.61 Å². The van der Waals surface area contributed by atoms with Crippen LogP contribution in [0.3, 0.4) is 0 Å². The van der Waals surface area contributed by atoms with Crippen molar-refractivity contribution in [3.05, 3.63) is 48.5 Å². The molecule has 2 aromatic carbocycles. The third-order valence-electron chi connectivity index (χ3n) is 5.13. The highest BCUT2D eigenvalue weighted by atomic mass is 16.5. The minimum Gasteiger partial charge on any atom is -0.436 e. The Labute approximate surface area is 162 Å². The van der Waals surface area contributed by atoms with Crippen molar-refractivity contribution >= 4 is 22.8 Å². The van der Waals surface area contributed by atoms with Crippen LogP contribution in [0.1, 0.15) is 12.8 Å². The first-order valence-electron chi connectivity index (χ1n) is 9.37. The maximum Gasteiger partial charge on any atom is 0.319 e. The van der Waals surface area contributed by atoms with Crippen molar-refractivity contribution in [3.63, 3.8) is 0 Å². The number of nitrogens with zero attached hydrogens (tertiary/aromatic N) is 1. The van der Waals surface area contributed by atoms with Crippen molar-refractivity contribution in [2.45, 2.75) is 12.8 Å². The normalized spacial score (nSPS) is 19.0. The average Bonchev–Trinajstić information content (AvgIpc) is 3.35. The van der Waals surface area contributed by atoms with E-state index in [2.05, 4.69) is 15.6 Å². The van der Waals surface area contributed by atoms with E-state index < -0.39 is 0 Å². The van der Waals surface area contributed by atoms with E-state index in [1.807, 2.05) is 48.5 Å². The number of hydrogen-bond donors (Lipinski definition) is 3. The molecule has 146 valence electrons. The first kappa shape index (κ1) is 18.5. The van der Waals surface area contributed by atoms with E-state index >= 15 is 0 Å². The zero-order valence-corrected chi connectivity index (χ0v) is 15.5. The fraction of sp³-hybridized carbons (Fsp3) is 0.333. The molecule has 7 heteroatoms. The number of amides is 2. The number of nitrogens with one attached hydrogen (secondary N) is 2. The smallest absolute Gasteiger partial charge is 0.319 e. The number of rotatable bonds is 6. The maximum absolute atomic E-state index is 12.2. The highest BCUT2D eigenvalue weighted by molar-refractivity contribution is 5.89. The predicted octanol–water partition coefficient (Wildman–Crippen LogP) is 3.41. The molecule has 0 bridgehead atoms. The van der Waals surface area contributed by atoms with E-state index in [9.17, 15) is 9.90 Å². The molecule has 28 heavy (non-hydrogen) atoms. The van der Waals surface area contributed by atoms with Crippen LogP contribution in [0.2, 0.25) is 0 Å². The second-order valence-corrected chi connectivity index (χ2v) is 7.15. The Bertz CT molecular complexity index is 913. The van der Waals surface area contributed by atoms with E-state index in [0.717, 1.165) is 23.1 Å². The summed E-state index contributed by atoms with van der Waals surface area (Å²) in [6.07, 6.45) is 1.46. The quantitative estimate of drug-likeness (QED) is 0.608. The molecule has 1 aliphatic heterocycles. The highest BCUT2D eigenvalue weighted by Crippen LogP contribution is 2.31. The van der Waals surface area contributed by atoms with E-state index in [1.165, 1.54) is 0 Å². The summed E-state index contributed by atoms with van der Waals surface area (Å²) in [6.45, 7) is 1.79. The van der Waals surface area contributed by atoms with Gasteiger partial charge in [0, 0.05) is 36.4 Å². The van der Waals surface area contributed by atoms with Crippen LogP contribution in [0.5, 0.6) is 0 Å². The second kappa shape index (κ2) is 8.00. The first-order valence-corrected chi connectivity index (χ1v) is 9.37. The number of aliphatic hydroxyl groups is 1. The topological polar surface area (TPSA) is 96.6 Å².